The quantitative estimate of drug-likeness (QED) is 0.929. The van der Waals surface area contributed by atoms with Gasteiger partial charge < -0.3 is 19.4 Å². The van der Waals surface area contributed by atoms with Gasteiger partial charge in [0.1, 0.15) is 0 Å². The second kappa shape index (κ2) is 5.21. The van der Waals surface area contributed by atoms with Gasteiger partial charge in [0.05, 0.1) is 0 Å². The number of nitrogens with one attached hydrogen (secondary N) is 1. The normalized spacial score (nSPS) is 12.9. The summed E-state index contributed by atoms with van der Waals surface area (Å²) < 4.78 is 13.1. The Balaban J connectivity index is 1.66. The molecule has 106 valence electrons. The third-order valence-corrected chi connectivity index (χ3v) is 3.99. The fourth-order valence-electron chi connectivity index (χ4n) is 2.57. The van der Waals surface area contributed by atoms with E-state index in [1.807, 2.05) is 12.1 Å². The van der Waals surface area contributed by atoms with Crippen LogP contribution in [0.4, 0.5) is 0 Å². The number of fused-ring (bicyclic) bond motifs is 1. The van der Waals surface area contributed by atoms with Crippen LogP contribution in [0.1, 0.15) is 22.5 Å². The van der Waals surface area contributed by atoms with Gasteiger partial charge in [0.15, 0.2) is 11.5 Å². The Labute approximate surface area is 119 Å². The molecule has 0 saturated heterocycles. The molecule has 1 aromatic heterocycles. The summed E-state index contributed by atoms with van der Waals surface area (Å²) in [6, 6.07) is 8.25. The van der Waals surface area contributed by atoms with Gasteiger partial charge in [-0.05, 0) is 31.5 Å². The molecule has 1 aliphatic heterocycles. The lowest BCUT2D eigenvalue weighted by Gasteiger charge is -2.08. The first-order valence-electron chi connectivity index (χ1n) is 6.87. The first kappa shape index (κ1) is 13.1. The average molecular weight is 272 g/mol. The molecular weight excluding hydrogens is 252 g/mol. The Kier molecular flexibility index (Phi) is 3.40. The summed E-state index contributed by atoms with van der Waals surface area (Å²) in [5.41, 5.74) is 5.09. The predicted octanol–water partition coefficient (Wildman–Crippen LogP) is 2.66. The summed E-state index contributed by atoms with van der Waals surface area (Å²) in [4.78, 5) is 0. The zero-order valence-electron chi connectivity index (χ0n) is 12.2. The molecule has 4 nitrogen and oxygen atoms in total. The third-order valence-electron chi connectivity index (χ3n) is 3.99. The van der Waals surface area contributed by atoms with E-state index in [1.54, 1.807) is 0 Å². The molecule has 1 N–H and O–H groups in total. The average Bonchev–Trinajstić information content (AvgIpc) is 3.01. The van der Waals surface area contributed by atoms with Gasteiger partial charge in [-0.2, -0.15) is 0 Å². The molecule has 0 saturated carbocycles. The number of hydrogen-bond donors (Lipinski definition) is 1. The maximum absolute atomic E-state index is 5.51. The molecule has 3 rings (SSSR count). The second-order valence-corrected chi connectivity index (χ2v) is 5.21. The lowest BCUT2D eigenvalue weighted by molar-refractivity contribution is 0.173. The number of aryl methyl sites for hydroxylation is 1. The van der Waals surface area contributed by atoms with Crippen molar-refractivity contribution in [3.05, 3.63) is 46.8 Å². The highest BCUT2D eigenvalue weighted by molar-refractivity contribution is 5.48. The largest absolute Gasteiger partial charge is 0.454 e. The Morgan fingerprint density at radius 3 is 2.70 bits per heavy atom. The molecule has 0 bridgehead atoms. The van der Waals surface area contributed by atoms with E-state index in [-0.39, 0.29) is 0 Å². The van der Waals surface area contributed by atoms with Crippen LogP contribution >= 0.6 is 0 Å². The molecule has 0 aliphatic carbocycles. The molecule has 2 heterocycles. The van der Waals surface area contributed by atoms with Crippen LogP contribution in [0.2, 0.25) is 0 Å². The fourth-order valence-corrected chi connectivity index (χ4v) is 2.57. The van der Waals surface area contributed by atoms with Crippen molar-refractivity contribution in [3.63, 3.8) is 0 Å². The molecule has 0 unspecified atom stereocenters. The van der Waals surface area contributed by atoms with Crippen molar-refractivity contribution < 1.29 is 9.47 Å². The van der Waals surface area contributed by atoms with Crippen molar-refractivity contribution in [2.45, 2.75) is 26.9 Å². The van der Waals surface area contributed by atoms with Crippen LogP contribution in [0.25, 0.3) is 0 Å². The molecule has 0 fully saturated rings. The first-order chi connectivity index (χ1) is 9.66. The van der Waals surface area contributed by atoms with E-state index in [2.05, 4.69) is 42.9 Å². The minimum absolute atomic E-state index is 0.323. The monoisotopic (exact) mass is 272 g/mol. The standard InChI is InChI=1S/C16H20N2O2/c1-11-7-14(12(2)18(11)3)9-17-8-13-5-4-6-15-16(13)20-10-19-15/h4-7,17H,8-10H2,1-3H3. The molecular formula is C16H20N2O2. The molecule has 0 amide bonds. The molecule has 1 aromatic carbocycles. The molecule has 2 aromatic rings. The second-order valence-electron chi connectivity index (χ2n) is 5.21. The topological polar surface area (TPSA) is 35.4 Å². The highest BCUT2D eigenvalue weighted by Gasteiger charge is 2.16. The molecule has 4 heteroatoms. The van der Waals surface area contributed by atoms with E-state index >= 15 is 0 Å². The Morgan fingerprint density at radius 1 is 1.15 bits per heavy atom. The van der Waals surface area contributed by atoms with Gasteiger partial charge in [-0.3, -0.25) is 0 Å². The highest BCUT2D eigenvalue weighted by atomic mass is 16.7. The van der Waals surface area contributed by atoms with Crippen LogP contribution < -0.4 is 14.8 Å². The zero-order chi connectivity index (χ0) is 14.1. The first-order valence-corrected chi connectivity index (χ1v) is 6.87. The molecule has 0 atom stereocenters. The van der Waals surface area contributed by atoms with Gasteiger partial charge >= 0.3 is 0 Å². The van der Waals surface area contributed by atoms with Crippen LogP contribution in [0.3, 0.4) is 0 Å². The highest BCUT2D eigenvalue weighted by Crippen LogP contribution is 2.35. The van der Waals surface area contributed by atoms with Crippen molar-refractivity contribution in [2.24, 2.45) is 7.05 Å². The van der Waals surface area contributed by atoms with Crippen LogP contribution in [-0.2, 0) is 20.1 Å². The van der Waals surface area contributed by atoms with Crippen molar-refractivity contribution in [2.75, 3.05) is 6.79 Å². The van der Waals surface area contributed by atoms with E-state index in [1.165, 1.54) is 17.0 Å². The summed E-state index contributed by atoms with van der Waals surface area (Å²) >= 11 is 0. The van der Waals surface area contributed by atoms with Gasteiger partial charge in [-0.1, -0.05) is 12.1 Å². The number of para-hydroxylation sites is 1. The summed E-state index contributed by atoms with van der Waals surface area (Å²) in [5, 5.41) is 3.48. The minimum Gasteiger partial charge on any atom is -0.454 e. The van der Waals surface area contributed by atoms with E-state index in [0.29, 0.717) is 6.79 Å². The summed E-state index contributed by atoms with van der Waals surface area (Å²) in [7, 11) is 2.10. The minimum atomic E-state index is 0.323. The number of hydrogen-bond acceptors (Lipinski definition) is 3. The van der Waals surface area contributed by atoms with Crippen LogP contribution in [0.5, 0.6) is 11.5 Å². The number of nitrogens with zero attached hydrogens (tertiary/aromatic N) is 1. The SMILES string of the molecule is Cc1cc(CNCc2cccc3c2OCO3)c(C)n1C. The van der Waals surface area contributed by atoms with E-state index in [9.17, 15) is 0 Å². The van der Waals surface area contributed by atoms with Gasteiger partial charge in [0.2, 0.25) is 6.79 Å². The molecule has 0 spiro atoms. The number of ether oxygens (including phenoxy) is 2. The summed E-state index contributed by atoms with van der Waals surface area (Å²) in [6.07, 6.45) is 0. The van der Waals surface area contributed by atoms with Crippen molar-refractivity contribution >= 4 is 0 Å². The third kappa shape index (κ3) is 2.27. The number of benzene rings is 1. The molecule has 0 radical (unpaired) electrons. The van der Waals surface area contributed by atoms with E-state index in [4.69, 9.17) is 9.47 Å². The zero-order valence-corrected chi connectivity index (χ0v) is 12.2. The smallest absolute Gasteiger partial charge is 0.231 e. The number of rotatable bonds is 4. The van der Waals surface area contributed by atoms with Gasteiger partial charge in [0.25, 0.3) is 0 Å². The number of aromatic nitrogens is 1. The molecule has 1 aliphatic rings. The van der Waals surface area contributed by atoms with Crippen LogP contribution in [0, 0.1) is 13.8 Å². The van der Waals surface area contributed by atoms with E-state index < -0.39 is 0 Å². The lowest BCUT2D eigenvalue weighted by atomic mass is 10.1. The lowest BCUT2D eigenvalue weighted by Crippen LogP contribution is -2.13. The molecule has 20 heavy (non-hydrogen) atoms. The van der Waals surface area contributed by atoms with Crippen LogP contribution in [0.15, 0.2) is 24.3 Å². The Hall–Kier alpha value is -1.94. The Morgan fingerprint density at radius 2 is 1.95 bits per heavy atom. The van der Waals surface area contributed by atoms with E-state index in [0.717, 1.165) is 30.2 Å². The van der Waals surface area contributed by atoms with Crippen molar-refractivity contribution in [1.82, 2.24) is 9.88 Å². The summed E-state index contributed by atoms with van der Waals surface area (Å²) in [5.74, 6) is 1.72. The van der Waals surface area contributed by atoms with Gasteiger partial charge in [-0.25, -0.2) is 0 Å². The van der Waals surface area contributed by atoms with Crippen LogP contribution in [-0.4, -0.2) is 11.4 Å². The maximum Gasteiger partial charge on any atom is 0.231 e. The fraction of sp³-hybridized carbons (Fsp3) is 0.375. The Bertz CT molecular complexity index is 632. The van der Waals surface area contributed by atoms with Crippen molar-refractivity contribution in [3.8, 4) is 11.5 Å². The van der Waals surface area contributed by atoms with Gasteiger partial charge in [0, 0.05) is 37.1 Å². The predicted molar refractivity (Wildman–Crippen MR) is 78.0 cm³/mol. The summed E-state index contributed by atoms with van der Waals surface area (Å²) in [6.45, 7) is 6.24. The van der Waals surface area contributed by atoms with Crippen molar-refractivity contribution in [1.29, 1.82) is 0 Å². The maximum atomic E-state index is 5.51. The van der Waals surface area contributed by atoms with Gasteiger partial charge in [-0.15, -0.1) is 0 Å².